The van der Waals surface area contributed by atoms with Gasteiger partial charge in [-0.05, 0) is 66.0 Å². The van der Waals surface area contributed by atoms with E-state index in [0.717, 1.165) is 5.57 Å². The summed E-state index contributed by atoms with van der Waals surface area (Å²) in [5.74, 6) is -3.22. The second kappa shape index (κ2) is 9.14. The fraction of sp³-hybridized carbons (Fsp3) is 0.148. The maximum absolute atomic E-state index is 15.2. The summed E-state index contributed by atoms with van der Waals surface area (Å²) in [5, 5.41) is 8.45. The van der Waals surface area contributed by atoms with Gasteiger partial charge in [-0.15, -0.1) is 5.10 Å². The number of halogens is 3. The second-order valence-electron chi connectivity index (χ2n) is 9.19. The molecule has 2 aliphatic rings. The number of nitrogen functional groups attached to an aromatic ring is 1. The maximum Gasteiger partial charge on any atom is 0.234 e. The Balaban J connectivity index is 1.41. The number of nitrogens with one attached hydrogen (secondary N) is 1. The number of aromatic nitrogens is 6. The van der Waals surface area contributed by atoms with E-state index < -0.39 is 23.7 Å². The summed E-state index contributed by atoms with van der Waals surface area (Å²) in [4.78, 5) is 24.1. The number of carbonyl (C=O) groups excluding carboxylic acids is 1. The van der Waals surface area contributed by atoms with Gasteiger partial charge >= 0.3 is 0 Å². The molecule has 2 aliphatic carbocycles. The molecular weight excluding hydrogens is 512 g/mol. The highest BCUT2D eigenvalue weighted by molar-refractivity contribution is 6.31. The minimum atomic E-state index is -0.869. The second-order valence-corrected chi connectivity index (χ2v) is 9.63. The van der Waals surface area contributed by atoms with Crippen LogP contribution in [-0.2, 0) is 4.79 Å². The Morgan fingerprint density at radius 1 is 1.11 bits per heavy atom. The van der Waals surface area contributed by atoms with Crippen molar-refractivity contribution in [3.8, 4) is 17.1 Å². The highest BCUT2D eigenvalue weighted by atomic mass is 35.5. The summed E-state index contributed by atoms with van der Waals surface area (Å²) < 4.78 is 31.1. The molecule has 1 fully saturated rings. The lowest BCUT2D eigenvalue weighted by Gasteiger charge is -2.32. The molecule has 0 spiro atoms. The Morgan fingerprint density at radius 3 is 2.71 bits per heavy atom. The first-order valence-corrected chi connectivity index (χ1v) is 12.2. The number of benzene rings is 1. The summed E-state index contributed by atoms with van der Waals surface area (Å²) in [6.07, 6.45) is 7.73. The van der Waals surface area contributed by atoms with Gasteiger partial charge in [0.25, 0.3) is 0 Å². The molecule has 8 nitrogen and oxygen atoms in total. The number of hydrogen-bond acceptors (Lipinski definition) is 6. The summed E-state index contributed by atoms with van der Waals surface area (Å²) in [5.41, 5.74) is 9.17. The lowest BCUT2D eigenvalue weighted by atomic mass is 9.71. The first-order valence-electron chi connectivity index (χ1n) is 11.8. The van der Waals surface area contributed by atoms with Crippen LogP contribution in [-0.4, -0.2) is 35.7 Å². The molecule has 6 rings (SSSR count). The molecule has 11 heteroatoms. The van der Waals surface area contributed by atoms with Crippen molar-refractivity contribution in [2.75, 3.05) is 5.73 Å². The van der Waals surface area contributed by atoms with Gasteiger partial charge in [-0.1, -0.05) is 29.5 Å². The van der Waals surface area contributed by atoms with Gasteiger partial charge in [-0.25, -0.2) is 9.67 Å². The summed E-state index contributed by atoms with van der Waals surface area (Å²) in [6.45, 7) is 4.20. The third kappa shape index (κ3) is 4.03. The number of nitrogens with zero attached hydrogens (tertiary/aromatic N) is 5. The molecule has 1 unspecified atom stereocenters. The number of H-pyrrole nitrogens is 1. The molecule has 3 heterocycles. The molecule has 0 radical (unpaired) electrons. The Bertz CT molecular complexity index is 1670. The smallest absolute Gasteiger partial charge is 0.234 e. The van der Waals surface area contributed by atoms with E-state index in [-0.39, 0.29) is 28.7 Å². The van der Waals surface area contributed by atoms with Crippen LogP contribution in [0.4, 0.5) is 14.6 Å². The molecule has 3 N–H and O–H groups in total. The zero-order valence-electron chi connectivity index (χ0n) is 19.8. The van der Waals surface area contributed by atoms with E-state index in [4.69, 9.17) is 17.3 Å². The Morgan fingerprint density at radius 2 is 1.95 bits per heavy atom. The zero-order chi connectivity index (χ0) is 26.6. The monoisotopic (exact) mass is 531 g/mol. The van der Waals surface area contributed by atoms with Crippen LogP contribution in [0.15, 0.2) is 72.6 Å². The normalized spacial score (nSPS) is 19.2. The van der Waals surface area contributed by atoms with E-state index in [1.54, 1.807) is 35.3 Å². The van der Waals surface area contributed by atoms with Gasteiger partial charge in [0.2, 0.25) is 11.9 Å². The van der Waals surface area contributed by atoms with Crippen LogP contribution in [0.25, 0.3) is 22.6 Å². The van der Waals surface area contributed by atoms with E-state index in [1.165, 1.54) is 18.2 Å². The van der Waals surface area contributed by atoms with Crippen molar-refractivity contribution in [3.05, 3.63) is 101 Å². The molecule has 2 atom stereocenters. The van der Waals surface area contributed by atoms with Gasteiger partial charge in [-0.2, -0.15) is 13.8 Å². The zero-order valence-corrected chi connectivity index (χ0v) is 20.6. The molecule has 4 aromatic rings. The van der Waals surface area contributed by atoms with Crippen molar-refractivity contribution in [2.24, 2.45) is 5.92 Å². The lowest BCUT2D eigenvalue weighted by Crippen LogP contribution is -2.27. The quantitative estimate of drug-likeness (QED) is 0.349. The molecule has 0 saturated heterocycles. The largest absolute Gasteiger partial charge is 0.384 e. The van der Waals surface area contributed by atoms with E-state index in [9.17, 15) is 9.18 Å². The van der Waals surface area contributed by atoms with Gasteiger partial charge in [0.05, 0.1) is 35.3 Å². The number of rotatable bonds is 4. The molecule has 0 aliphatic heterocycles. The van der Waals surface area contributed by atoms with Crippen LogP contribution >= 0.6 is 11.6 Å². The van der Waals surface area contributed by atoms with Crippen LogP contribution in [0.5, 0.6) is 0 Å². The Labute approximate surface area is 220 Å². The van der Waals surface area contributed by atoms with E-state index in [1.807, 2.05) is 6.08 Å². The van der Waals surface area contributed by atoms with Gasteiger partial charge in [-0.3, -0.25) is 4.79 Å². The number of carbonyl (C=O) groups is 1. The van der Waals surface area contributed by atoms with Crippen LogP contribution in [0.2, 0.25) is 5.02 Å². The first kappa shape index (κ1) is 23.9. The minimum Gasteiger partial charge on any atom is -0.384 e. The topological polar surface area (TPSA) is 115 Å². The van der Waals surface area contributed by atoms with Gasteiger partial charge in [0, 0.05) is 16.5 Å². The van der Waals surface area contributed by atoms with Crippen molar-refractivity contribution in [1.82, 2.24) is 29.9 Å². The molecular formula is C27H20ClF2N7O. The molecule has 190 valence electrons. The van der Waals surface area contributed by atoms with Crippen molar-refractivity contribution in [3.63, 3.8) is 0 Å². The number of fused-ring (bicyclic) bond motifs is 2. The highest BCUT2D eigenvalue weighted by Gasteiger charge is 2.40. The number of allylic oxidation sites excluding steroid dienone is 5. The van der Waals surface area contributed by atoms with Gasteiger partial charge in [0.15, 0.2) is 5.78 Å². The van der Waals surface area contributed by atoms with E-state index in [2.05, 4.69) is 31.8 Å². The summed E-state index contributed by atoms with van der Waals surface area (Å²) >= 11 is 6.32. The van der Waals surface area contributed by atoms with Gasteiger partial charge in [0.1, 0.15) is 11.6 Å². The van der Waals surface area contributed by atoms with Crippen molar-refractivity contribution in [2.45, 2.75) is 18.8 Å². The van der Waals surface area contributed by atoms with Crippen molar-refractivity contribution in [1.29, 1.82) is 0 Å². The number of anilines is 1. The summed E-state index contributed by atoms with van der Waals surface area (Å²) in [7, 11) is 0. The van der Waals surface area contributed by atoms with Crippen molar-refractivity contribution < 1.29 is 13.6 Å². The number of pyridine rings is 1. The number of imidazole rings is 1. The highest BCUT2D eigenvalue weighted by Crippen LogP contribution is 2.47. The van der Waals surface area contributed by atoms with Gasteiger partial charge < -0.3 is 10.7 Å². The molecule has 2 bridgehead atoms. The summed E-state index contributed by atoms with van der Waals surface area (Å²) in [6, 6.07) is 8.09. The molecule has 0 amide bonds. The van der Waals surface area contributed by atoms with Crippen LogP contribution < -0.4 is 5.73 Å². The van der Waals surface area contributed by atoms with Crippen LogP contribution in [0.1, 0.15) is 30.0 Å². The predicted molar refractivity (Wildman–Crippen MR) is 138 cm³/mol. The third-order valence-corrected chi connectivity index (χ3v) is 7.20. The number of aromatic amines is 1. The molecule has 1 aromatic carbocycles. The number of ketones is 1. The van der Waals surface area contributed by atoms with E-state index in [0.29, 0.717) is 40.3 Å². The lowest BCUT2D eigenvalue weighted by molar-refractivity contribution is -0.117. The average Bonchev–Trinajstić information content (AvgIpc) is 3.53. The first-order chi connectivity index (χ1) is 18.3. The molecule has 1 saturated carbocycles. The predicted octanol–water partition coefficient (Wildman–Crippen LogP) is 5.21. The number of hydrogen-bond donors (Lipinski definition) is 2. The Hall–Kier alpha value is -4.44. The average molecular weight is 532 g/mol. The van der Waals surface area contributed by atoms with Crippen LogP contribution in [0.3, 0.4) is 0 Å². The van der Waals surface area contributed by atoms with Crippen molar-refractivity contribution >= 4 is 28.8 Å². The fourth-order valence-electron chi connectivity index (χ4n) is 5.19. The maximum atomic E-state index is 15.2. The number of nitrogens with two attached hydrogens (primary N) is 1. The third-order valence-electron chi connectivity index (χ3n) is 6.97. The molecule has 38 heavy (non-hydrogen) atoms. The standard InChI is InChI=1S/C27H20ClF2N7O/c1-13-14-2-4-17(24-26(30)35-27(34-24)18-5-7-22(31)33-25(18)29)23(13)21(38)11-15(10-14)19-12-16(28)3-6-20(19)37-9-8-32-36-37/h3,5-12,17,23H,1-2,4H2,(H2,31,33)(H,34,35)/t17-,23?/m1/s1. The minimum absolute atomic E-state index is 0.000257. The molecule has 3 aromatic heterocycles. The van der Waals surface area contributed by atoms with E-state index >= 15 is 4.39 Å². The SMILES string of the molecule is C=C1C2=CC(c3cc(Cl)ccc3-n3ccnn3)=CC(=O)C1[C@H](c1[nH]c(-c3ccc(N)nc3F)nc1F)CC2. The Kier molecular flexibility index (Phi) is 5.76. The fourth-order valence-corrected chi connectivity index (χ4v) is 5.37. The van der Waals surface area contributed by atoms with Crippen LogP contribution in [0, 0.1) is 17.8 Å².